The summed E-state index contributed by atoms with van der Waals surface area (Å²) < 4.78 is 53.8. The normalized spacial score (nSPS) is 21.4. The zero-order chi connectivity index (χ0) is 20.8. The predicted octanol–water partition coefficient (Wildman–Crippen LogP) is 4.34. The van der Waals surface area contributed by atoms with Gasteiger partial charge in [-0.2, -0.15) is 13.2 Å². The van der Waals surface area contributed by atoms with E-state index in [1.807, 2.05) is 6.07 Å². The van der Waals surface area contributed by atoms with Gasteiger partial charge in [-0.25, -0.2) is 4.39 Å². The van der Waals surface area contributed by atoms with Crippen LogP contribution in [0.4, 0.5) is 17.6 Å². The second-order valence-electron chi connectivity index (χ2n) is 8.12. The van der Waals surface area contributed by atoms with Crippen molar-refractivity contribution >= 4 is 5.91 Å². The van der Waals surface area contributed by atoms with Crippen molar-refractivity contribution in [1.82, 2.24) is 4.90 Å². The number of aliphatic hydroxyl groups is 1. The van der Waals surface area contributed by atoms with Gasteiger partial charge in [0.1, 0.15) is 5.82 Å². The molecule has 2 fully saturated rings. The van der Waals surface area contributed by atoms with Crippen LogP contribution >= 0.6 is 0 Å². The highest BCUT2D eigenvalue weighted by Gasteiger charge is 2.56. The molecule has 1 saturated carbocycles. The summed E-state index contributed by atoms with van der Waals surface area (Å²) in [6, 6.07) is 13.4. The van der Waals surface area contributed by atoms with Crippen molar-refractivity contribution in [2.75, 3.05) is 6.54 Å². The lowest BCUT2D eigenvalue weighted by Crippen LogP contribution is -2.49. The summed E-state index contributed by atoms with van der Waals surface area (Å²) in [6.45, 7) is 0.184. The minimum atomic E-state index is -5.01. The highest BCUT2D eigenvalue weighted by molar-refractivity contribution is 5.82. The molecule has 2 aliphatic rings. The molecule has 2 aromatic rings. The number of carbonyl (C=O) groups is 1. The highest BCUT2D eigenvalue weighted by Crippen LogP contribution is 2.55. The first-order chi connectivity index (χ1) is 13.7. The Bertz CT molecular complexity index is 909. The van der Waals surface area contributed by atoms with Crippen LogP contribution < -0.4 is 0 Å². The Labute approximate surface area is 166 Å². The lowest BCUT2D eigenvalue weighted by atomic mass is 9.95. The van der Waals surface area contributed by atoms with E-state index in [4.69, 9.17) is 0 Å². The Hall–Kier alpha value is -2.41. The maximum Gasteiger partial charge on any atom is 0.423 e. The summed E-state index contributed by atoms with van der Waals surface area (Å²) in [5.74, 6) is -1.77. The summed E-state index contributed by atoms with van der Waals surface area (Å²) in [5.41, 5.74) is 1.29. The summed E-state index contributed by atoms with van der Waals surface area (Å²) in [6.07, 6.45) is -5.74. The molecule has 1 aliphatic heterocycles. The molecule has 0 aromatic heterocycles. The Morgan fingerprint density at radius 1 is 1.14 bits per heavy atom. The number of hydrogen-bond acceptors (Lipinski definition) is 2. The smallest absolute Gasteiger partial charge is 0.376 e. The molecular weight excluding hydrogens is 386 g/mol. The molecule has 154 valence electrons. The predicted molar refractivity (Wildman–Crippen MR) is 99.4 cm³/mol. The zero-order valence-corrected chi connectivity index (χ0v) is 15.6. The van der Waals surface area contributed by atoms with Crippen molar-refractivity contribution in [3.63, 3.8) is 0 Å². The van der Waals surface area contributed by atoms with Gasteiger partial charge in [0.25, 0.3) is 5.91 Å². The molecule has 0 bridgehead atoms. The minimum Gasteiger partial charge on any atom is -0.376 e. The lowest BCUT2D eigenvalue weighted by Gasteiger charge is -2.28. The molecule has 2 atom stereocenters. The lowest BCUT2D eigenvalue weighted by molar-refractivity contribution is -0.211. The Morgan fingerprint density at radius 2 is 1.83 bits per heavy atom. The van der Waals surface area contributed by atoms with E-state index in [-0.39, 0.29) is 18.4 Å². The second kappa shape index (κ2) is 7.13. The van der Waals surface area contributed by atoms with Crippen LogP contribution in [-0.4, -0.2) is 40.8 Å². The van der Waals surface area contributed by atoms with Crippen molar-refractivity contribution in [2.24, 2.45) is 5.41 Å². The highest BCUT2D eigenvalue weighted by atomic mass is 19.4. The van der Waals surface area contributed by atoms with Gasteiger partial charge < -0.3 is 10.0 Å². The van der Waals surface area contributed by atoms with Crippen molar-refractivity contribution in [3.05, 3.63) is 59.9 Å². The minimum absolute atomic E-state index is 0.116. The number of alkyl halides is 3. The van der Waals surface area contributed by atoms with Gasteiger partial charge in [0.05, 0.1) is 0 Å². The number of hydrogen-bond donors (Lipinski definition) is 1. The molecule has 2 aromatic carbocycles. The molecule has 7 heteroatoms. The van der Waals surface area contributed by atoms with E-state index in [1.54, 1.807) is 42.5 Å². The molecule has 0 radical (unpaired) electrons. The van der Waals surface area contributed by atoms with E-state index in [0.29, 0.717) is 23.1 Å². The average Bonchev–Trinajstić information content (AvgIpc) is 3.35. The van der Waals surface area contributed by atoms with Crippen LogP contribution in [-0.2, 0) is 11.2 Å². The van der Waals surface area contributed by atoms with E-state index in [0.717, 1.165) is 17.7 Å². The zero-order valence-electron chi connectivity index (χ0n) is 15.6. The maximum absolute atomic E-state index is 15.2. The number of benzene rings is 2. The van der Waals surface area contributed by atoms with Crippen molar-refractivity contribution in [1.29, 1.82) is 0 Å². The number of carbonyl (C=O) groups excluding carboxylic acids is 1. The monoisotopic (exact) mass is 407 g/mol. The first kappa shape index (κ1) is 19.9. The number of nitrogens with zero attached hydrogens (tertiary/aromatic N) is 1. The van der Waals surface area contributed by atoms with E-state index in [9.17, 15) is 23.1 Å². The van der Waals surface area contributed by atoms with Gasteiger partial charge in [-0.05, 0) is 42.2 Å². The van der Waals surface area contributed by atoms with Gasteiger partial charge in [-0.3, -0.25) is 4.79 Å². The fourth-order valence-electron chi connectivity index (χ4n) is 4.27. The van der Waals surface area contributed by atoms with E-state index < -0.39 is 30.0 Å². The number of halogens is 4. The third kappa shape index (κ3) is 3.88. The van der Waals surface area contributed by atoms with Crippen LogP contribution in [0, 0.1) is 11.2 Å². The molecule has 1 amide bonds. The van der Waals surface area contributed by atoms with Gasteiger partial charge in [-0.1, -0.05) is 48.5 Å². The molecular formula is C22H21F4NO2. The summed E-state index contributed by atoms with van der Waals surface area (Å²) in [7, 11) is 0. The Balaban J connectivity index is 1.60. The van der Waals surface area contributed by atoms with Crippen LogP contribution in [0.3, 0.4) is 0 Å². The van der Waals surface area contributed by atoms with Crippen LogP contribution in [0.1, 0.15) is 24.8 Å². The summed E-state index contributed by atoms with van der Waals surface area (Å²) in [5, 5.41) is 9.45. The van der Waals surface area contributed by atoms with Gasteiger partial charge in [0.2, 0.25) is 6.10 Å². The molecule has 1 N–H and O–H groups in total. The molecule has 0 unspecified atom stereocenters. The second-order valence-corrected chi connectivity index (χ2v) is 8.12. The molecule has 29 heavy (non-hydrogen) atoms. The summed E-state index contributed by atoms with van der Waals surface area (Å²) >= 11 is 0. The molecule has 1 aliphatic carbocycles. The fraction of sp³-hybridized carbons (Fsp3) is 0.409. The van der Waals surface area contributed by atoms with Crippen LogP contribution in [0.2, 0.25) is 0 Å². The average molecular weight is 407 g/mol. The SMILES string of the molecule is O=C([C@H](O)C(F)(F)F)N1CC2(CC2)C[C@@H]1Cc1cccc(-c2ccccc2)c1F. The van der Waals surface area contributed by atoms with Crippen LogP contribution in [0.5, 0.6) is 0 Å². The number of rotatable bonds is 4. The third-order valence-corrected chi connectivity index (χ3v) is 6.02. The summed E-state index contributed by atoms with van der Waals surface area (Å²) in [4.78, 5) is 13.5. The largest absolute Gasteiger partial charge is 0.423 e. The van der Waals surface area contributed by atoms with Gasteiger partial charge in [0, 0.05) is 18.2 Å². The number of amides is 1. The van der Waals surface area contributed by atoms with Gasteiger partial charge in [0.15, 0.2) is 0 Å². The topological polar surface area (TPSA) is 40.5 Å². The van der Waals surface area contributed by atoms with Crippen LogP contribution in [0.25, 0.3) is 11.1 Å². The third-order valence-electron chi connectivity index (χ3n) is 6.02. The van der Waals surface area contributed by atoms with Crippen molar-refractivity contribution in [3.8, 4) is 11.1 Å². The van der Waals surface area contributed by atoms with Crippen molar-refractivity contribution < 1.29 is 27.5 Å². The van der Waals surface area contributed by atoms with Crippen LogP contribution in [0.15, 0.2) is 48.5 Å². The van der Waals surface area contributed by atoms with E-state index in [2.05, 4.69) is 0 Å². The Kier molecular flexibility index (Phi) is 4.89. The van der Waals surface area contributed by atoms with Gasteiger partial charge in [-0.15, -0.1) is 0 Å². The van der Waals surface area contributed by atoms with E-state index >= 15 is 4.39 Å². The Morgan fingerprint density at radius 3 is 2.45 bits per heavy atom. The quantitative estimate of drug-likeness (QED) is 0.766. The van der Waals surface area contributed by atoms with E-state index in [1.165, 1.54) is 0 Å². The first-order valence-electron chi connectivity index (χ1n) is 9.58. The molecule has 4 rings (SSSR count). The number of likely N-dealkylation sites (tertiary alicyclic amines) is 1. The first-order valence-corrected chi connectivity index (χ1v) is 9.58. The standard InChI is InChI=1S/C22H21F4NO2/c23-18-15(7-4-8-17(18)14-5-2-1-3-6-14)11-16-12-21(9-10-21)13-27(16)20(29)19(28)22(24,25)26/h1-8,16,19,28H,9-13H2/t16-,19-/m0/s1. The molecule has 1 spiro atoms. The fourth-order valence-corrected chi connectivity index (χ4v) is 4.27. The molecule has 1 heterocycles. The van der Waals surface area contributed by atoms with Crippen molar-refractivity contribution in [2.45, 2.75) is 44.0 Å². The maximum atomic E-state index is 15.2. The number of aliphatic hydroxyl groups excluding tert-OH is 1. The van der Waals surface area contributed by atoms with Gasteiger partial charge >= 0.3 is 6.18 Å². The molecule has 1 saturated heterocycles. The molecule has 3 nitrogen and oxygen atoms in total.